The topological polar surface area (TPSA) is 0 Å². The summed E-state index contributed by atoms with van der Waals surface area (Å²) in [5.41, 5.74) is 20.1. The van der Waals surface area contributed by atoms with Gasteiger partial charge in [-0.1, -0.05) is 358 Å². The van der Waals surface area contributed by atoms with Gasteiger partial charge < -0.3 is 0 Å². The lowest BCUT2D eigenvalue weighted by Gasteiger charge is -2.20. The highest BCUT2D eigenvalue weighted by molar-refractivity contribution is 6.26. The van der Waals surface area contributed by atoms with Crippen molar-refractivity contribution in [2.24, 2.45) is 0 Å². The van der Waals surface area contributed by atoms with E-state index in [0.29, 0.717) is 0 Å². The van der Waals surface area contributed by atoms with E-state index in [0.717, 1.165) is 0 Å². The molecule has 0 N–H and O–H groups in total. The van der Waals surface area contributed by atoms with Crippen LogP contribution in [0.25, 0.3) is 186 Å². The molecule has 0 aliphatic rings. The van der Waals surface area contributed by atoms with Crippen LogP contribution in [0.15, 0.2) is 376 Å². The van der Waals surface area contributed by atoms with Crippen molar-refractivity contribution < 1.29 is 0 Å². The molecule has 96 heavy (non-hydrogen) atoms. The van der Waals surface area contributed by atoms with Crippen LogP contribution < -0.4 is 0 Å². The van der Waals surface area contributed by atoms with E-state index in [2.05, 4.69) is 376 Å². The molecule has 0 saturated carbocycles. The van der Waals surface area contributed by atoms with Crippen LogP contribution in [0.3, 0.4) is 0 Å². The minimum Gasteiger partial charge on any atom is -0.0622 e. The molecule has 0 aliphatic carbocycles. The standard InChI is InChI=1S/C50H32.C46H30/c1-2-14-33(15-3-1)38-30-31-47(41-20-8-6-19-40(38)41)50-45-24-12-10-22-43(45)49(44-23-11-13-25-46(44)50)35-28-26-34(27-29-35)48-32-36-16-4-5-17-37(36)39-18-7-9-21-42(39)48;1-2-14-32(15-3-1)37-27-28-44(39-20-7-6-19-38(37)39)46-42-23-10-8-21-40(42)45(41-22-9-11-24-43(41)46)36-18-12-17-34(30-36)35-26-25-31-13-4-5-16-33(31)29-35/h1-32H;1-30H. The van der Waals surface area contributed by atoms with E-state index in [1.54, 1.807) is 0 Å². The van der Waals surface area contributed by atoms with E-state index >= 15 is 0 Å². The smallest absolute Gasteiger partial charge is 0.00201 e. The quantitative estimate of drug-likeness (QED) is 0.105. The molecular weight excluding hydrogens is 1150 g/mol. The Morgan fingerprint density at radius 1 is 0.104 bits per heavy atom. The minimum absolute atomic E-state index is 1.22. The van der Waals surface area contributed by atoms with Crippen molar-refractivity contribution in [2.75, 3.05) is 0 Å². The number of hydrogen-bond donors (Lipinski definition) is 0. The van der Waals surface area contributed by atoms with Gasteiger partial charge in [-0.15, -0.1) is 0 Å². The van der Waals surface area contributed by atoms with E-state index in [1.807, 2.05) is 0 Å². The monoisotopic (exact) mass is 1210 g/mol. The van der Waals surface area contributed by atoms with Gasteiger partial charge in [0.25, 0.3) is 0 Å². The van der Waals surface area contributed by atoms with Crippen molar-refractivity contribution in [3.63, 3.8) is 0 Å². The number of hydrogen-bond acceptors (Lipinski definition) is 0. The molecule has 0 radical (unpaired) electrons. The normalized spacial score (nSPS) is 11.5. The largest absolute Gasteiger partial charge is 0.0622 e. The number of rotatable bonds is 8. The fourth-order valence-corrected chi connectivity index (χ4v) is 15.6. The predicted octanol–water partition coefficient (Wildman–Crippen LogP) is 27.1. The molecule has 0 aliphatic heterocycles. The summed E-state index contributed by atoms with van der Waals surface area (Å²) in [4.78, 5) is 0. The molecule has 0 aromatic heterocycles. The number of benzene rings is 19. The van der Waals surface area contributed by atoms with Crippen LogP contribution >= 0.6 is 0 Å². The molecule has 19 rings (SSSR count). The molecule has 0 heterocycles. The fourth-order valence-electron chi connectivity index (χ4n) is 15.6. The zero-order valence-electron chi connectivity index (χ0n) is 52.8. The molecule has 0 atom stereocenters. The van der Waals surface area contributed by atoms with Crippen LogP contribution in [-0.2, 0) is 0 Å². The first-order chi connectivity index (χ1) is 47.7. The summed E-state index contributed by atoms with van der Waals surface area (Å²) in [6, 6.07) is 138. The van der Waals surface area contributed by atoms with Gasteiger partial charge in [-0.3, -0.25) is 0 Å². The second-order valence-corrected chi connectivity index (χ2v) is 25.2. The van der Waals surface area contributed by atoms with E-state index in [1.165, 1.54) is 186 Å². The summed E-state index contributed by atoms with van der Waals surface area (Å²) >= 11 is 0. The average molecular weight is 1220 g/mol. The molecule has 0 spiro atoms. The maximum atomic E-state index is 2.36. The van der Waals surface area contributed by atoms with E-state index < -0.39 is 0 Å². The van der Waals surface area contributed by atoms with Crippen molar-refractivity contribution in [3.8, 4) is 89.0 Å². The lowest BCUT2D eigenvalue weighted by Crippen LogP contribution is -1.92. The zero-order valence-corrected chi connectivity index (χ0v) is 52.8. The molecule has 446 valence electrons. The van der Waals surface area contributed by atoms with Gasteiger partial charge in [0.2, 0.25) is 0 Å². The Kier molecular flexibility index (Phi) is 14.0. The maximum absolute atomic E-state index is 2.36. The molecule has 0 amide bonds. The Morgan fingerprint density at radius 2 is 0.396 bits per heavy atom. The van der Waals surface area contributed by atoms with Crippen LogP contribution in [0.5, 0.6) is 0 Å². The molecule has 0 fully saturated rings. The van der Waals surface area contributed by atoms with Crippen molar-refractivity contribution >= 4 is 97.0 Å². The summed E-state index contributed by atoms with van der Waals surface area (Å²) in [5.74, 6) is 0. The van der Waals surface area contributed by atoms with Gasteiger partial charge in [0.1, 0.15) is 0 Å². The SMILES string of the molecule is c1ccc(-c2ccc(-c3c4ccccc4c(-c4ccc(-c5cc6ccccc6c6ccccc56)cc4)c4ccccc34)c3ccccc23)cc1.c1ccc(-c2ccc(-c3c4ccccc4c(-c4cccc(-c5ccc6ccccc6c5)c4)c4ccccc34)c3ccccc23)cc1. The Bertz CT molecular complexity index is 6120. The predicted molar refractivity (Wildman–Crippen MR) is 414 cm³/mol. The Hall–Kier alpha value is -12.5. The first-order valence-electron chi connectivity index (χ1n) is 33.3. The van der Waals surface area contributed by atoms with Gasteiger partial charge in [0.05, 0.1) is 0 Å². The van der Waals surface area contributed by atoms with Gasteiger partial charge in [-0.05, 0) is 204 Å². The minimum atomic E-state index is 1.22. The van der Waals surface area contributed by atoms with Crippen LogP contribution in [0.2, 0.25) is 0 Å². The third-order valence-corrected chi connectivity index (χ3v) is 19.9. The van der Waals surface area contributed by atoms with Crippen LogP contribution in [0.4, 0.5) is 0 Å². The summed E-state index contributed by atoms with van der Waals surface area (Å²) < 4.78 is 0. The zero-order chi connectivity index (χ0) is 63.5. The summed E-state index contributed by atoms with van der Waals surface area (Å²) in [5, 5.41) is 22.9. The van der Waals surface area contributed by atoms with Gasteiger partial charge in [-0.25, -0.2) is 0 Å². The van der Waals surface area contributed by atoms with Gasteiger partial charge >= 0.3 is 0 Å². The molecule has 0 nitrogen and oxygen atoms in total. The first-order valence-corrected chi connectivity index (χ1v) is 33.3. The molecule has 0 saturated heterocycles. The van der Waals surface area contributed by atoms with Gasteiger partial charge in [0.15, 0.2) is 0 Å². The number of fused-ring (bicyclic) bond motifs is 10. The van der Waals surface area contributed by atoms with Crippen molar-refractivity contribution in [3.05, 3.63) is 376 Å². The fraction of sp³-hybridized carbons (Fsp3) is 0. The molecule has 0 unspecified atom stereocenters. The Morgan fingerprint density at radius 3 is 0.875 bits per heavy atom. The van der Waals surface area contributed by atoms with Crippen molar-refractivity contribution in [1.29, 1.82) is 0 Å². The van der Waals surface area contributed by atoms with Crippen LogP contribution in [-0.4, -0.2) is 0 Å². The molecule has 19 aromatic rings. The van der Waals surface area contributed by atoms with E-state index in [9.17, 15) is 0 Å². The summed E-state index contributed by atoms with van der Waals surface area (Å²) in [6.07, 6.45) is 0. The molecule has 0 heteroatoms. The second-order valence-electron chi connectivity index (χ2n) is 25.2. The van der Waals surface area contributed by atoms with E-state index in [4.69, 9.17) is 0 Å². The van der Waals surface area contributed by atoms with Crippen LogP contribution in [0.1, 0.15) is 0 Å². The highest BCUT2D eigenvalue weighted by atomic mass is 14.3. The first kappa shape index (κ1) is 56.3. The Balaban J connectivity index is 0.000000141. The second kappa shape index (κ2) is 23.9. The lowest BCUT2D eigenvalue weighted by atomic mass is 9.83. The lowest BCUT2D eigenvalue weighted by molar-refractivity contribution is 1.62. The van der Waals surface area contributed by atoms with Crippen molar-refractivity contribution in [2.45, 2.75) is 0 Å². The maximum Gasteiger partial charge on any atom is -0.00201 e. The van der Waals surface area contributed by atoms with E-state index in [-0.39, 0.29) is 0 Å². The molecule has 0 bridgehead atoms. The molecular formula is C96H62. The Labute approximate surface area is 558 Å². The molecule has 19 aromatic carbocycles. The average Bonchev–Trinajstić information content (AvgIpc) is 0.734. The van der Waals surface area contributed by atoms with Gasteiger partial charge in [0, 0.05) is 0 Å². The summed E-state index contributed by atoms with van der Waals surface area (Å²) in [7, 11) is 0. The van der Waals surface area contributed by atoms with Crippen molar-refractivity contribution in [1.82, 2.24) is 0 Å². The third kappa shape index (κ3) is 9.69. The van der Waals surface area contributed by atoms with Gasteiger partial charge in [-0.2, -0.15) is 0 Å². The summed E-state index contributed by atoms with van der Waals surface area (Å²) in [6.45, 7) is 0. The highest BCUT2D eigenvalue weighted by Crippen LogP contribution is 2.50. The third-order valence-electron chi connectivity index (χ3n) is 19.9. The highest BCUT2D eigenvalue weighted by Gasteiger charge is 2.22. The van der Waals surface area contributed by atoms with Crippen LogP contribution in [0, 0.1) is 0 Å².